The molecule has 0 atom stereocenters. The number of ether oxygens (including phenoxy) is 2. The van der Waals surface area contributed by atoms with Crippen molar-refractivity contribution in [2.45, 2.75) is 30.1 Å². The first-order chi connectivity index (χ1) is 10.6. The first-order valence-electron chi connectivity index (χ1n) is 6.86. The molecule has 7 nitrogen and oxygen atoms in total. The minimum absolute atomic E-state index is 0.000323. The van der Waals surface area contributed by atoms with Gasteiger partial charge in [-0.3, -0.25) is 0 Å². The quantitative estimate of drug-likeness (QED) is 0.708. The van der Waals surface area contributed by atoms with Crippen LogP contribution in [0.4, 0.5) is 0 Å². The molecule has 1 aliphatic rings. The summed E-state index contributed by atoms with van der Waals surface area (Å²) in [6.45, 7) is 0.161. The van der Waals surface area contributed by atoms with Crippen LogP contribution in [0.5, 0.6) is 0 Å². The Bertz CT molecular complexity index is 753. The van der Waals surface area contributed by atoms with Crippen LogP contribution in [0.25, 0.3) is 11.0 Å². The normalized spacial score (nSPS) is 16.0. The van der Waals surface area contributed by atoms with E-state index in [0.29, 0.717) is 11.0 Å². The molecule has 1 aromatic carbocycles. The van der Waals surface area contributed by atoms with Gasteiger partial charge in [-0.05, 0) is 25.0 Å². The first-order valence-corrected chi connectivity index (χ1v) is 9.03. The average Bonchev–Trinajstić information content (AvgIpc) is 3.23. The van der Waals surface area contributed by atoms with Gasteiger partial charge >= 0.3 is 0 Å². The molecule has 1 fully saturated rings. The van der Waals surface area contributed by atoms with Crippen LogP contribution in [-0.4, -0.2) is 54.6 Å². The number of hydrogen-bond acceptors (Lipinski definition) is 7. The Morgan fingerprint density at radius 3 is 2.68 bits per heavy atom. The second kappa shape index (κ2) is 6.17. The second-order valence-electron chi connectivity index (χ2n) is 5.09. The van der Waals surface area contributed by atoms with Crippen molar-refractivity contribution in [1.82, 2.24) is 13.1 Å². The third-order valence-electron chi connectivity index (χ3n) is 3.64. The van der Waals surface area contributed by atoms with Crippen LogP contribution in [0.1, 0.15) is 12.8 Å². The van der Waals surface area contributed by atoms with Crippen molar-refractivity contribution in [2.24, 2.45) is 0 Å². The summed E-state index contributed by atoms with van der Waals surface area (Å²) in [5.74, 6) is 0. The Morgan fingerprint density at radius 2 is 2.05 bits per heavy atom. The zero-order valence-corrected chi connectivity index (χ0v) is 13.9. The number of rotatable bonds is 7. The molecule has 1 heterocycles. The Morgan fingerprint density at radius 1 is 1.32 bits per heavy atom. The summed E-state index contributed by atoms with van der Waals surface area (Å²) in [5.41, 5.74) is 1.02. The summed E-state index contributed by atoms with van der Waals surface area (Å²) in [5, 5.41) is 0. The van der Waals surface area contributed by atoms with Gasteiger partial charge in [0.15, 0.2) is 6.29 Å². The van der Waals surface area contributed by atoms with Gasteiger partial charge < -0.3 is 9.47 Å². The van der Waals surface area contributed by atoms with E-state index < -0.39 is 16.3 Å². The van der Waals surface area contributed by atoms with Gasteiger partial charge in [-0.2, -0.15) is 13.1 Å². The summed E-state index contributed by atoms with van der Waals surface area (Å²) in [6, 6.07) is 5.01. The van der Waals surface area contributed by atoms with E-state index in [9.17, 15) is 8.42 Å². The van der Waals surface area contributed by atoms with Crippen molar-refractivity contribution >= 4 is 32.8 Å². The predicted octanol–water partition coefficient (Wildman–Crippen LogP) is 1.46. The Kier molecular flexibility index (Phi) is 4.42. The van der Waals surface area contributed by atoms with E-state index in [1.165, 1.54) is 18.5 Å². The second-order valence-corrected chi connectivity index (χ2v) is 7.48. The lowest BCUT2D eigenvalue weighted by molar-refractivity contribution is -0.108. The van der Waals surface area contributed by atoms with Crippen molar-refractivity contribution in [3.05, 3.63) is 18.2 Å². The van der Waals surface area contributed by atoms with E-state index in [0.717, 1.165) is 24.6 Å². The lowest BCUT2D eigenvalue weighted by atomic mass is 10.3. The zero-order chi connectivity index (χ0) is 15.7. The minimum atomic E-state index is -3.67. The summed E-state index contributed by atoms with van der Waals surface area (Å²) < 4.78 is 46.1. The van der Waals surface area contributed by atoms with E-state index in [-0.39, 0.29) is 17.5 Å². The van der Waals surface area contributed by atoms with E-state index in [1.54, 1.807) is 18.2 Å². The van der Waals surface area contributed by atoms with Crippen LogP contribution in [0, 0.1) is 0 Å². The van der Waals surface area contributed by atoms with Crippen molar-refractivity contribution in [2.75, 3.05) is 20.8 Å². The highest BCUT2D eigenvalue weighted by Crippen LogP contribution is 2.34. The van der Waals surface area contributed by atoms with Gasteiger partial charge in [0, 0.05) is 20.3 Å². The van der Waals surface area contributed by atoms with Gasteiger partial charge in [0.2, 0.25) is 10.0 Å². The lowest BCUT2D eigenvalue weighted by Crippen LogP contribution is -2.40. The fourth-order valence-corrected chi connectivity index (χ4v) is 4.74. The lowest BCUT2D eigenvalue weighted by Gasteiger charge is -2.25. The standard InChI is InChI=1S/C13H17N3O4S2/c1-19-12(20-2)8-16(9-6-7-9)22(17,18)11-5-3-4-10-13(11)15-21-14-10/h3-5,9,12H,6-8H2,1-2H3. The molecule has 1 saturated carbocycles. The highest BCUT2D eigenvalue weighted by molar-refractivity contribution is 7.89. The maximum Gasteiger partial charge on any atom is 0.245 e. The molecule has 0 aliphatic heterocycles. The molecule has 1 aliphatic carbocycles. The van der Waals surface area contributed by atoms with Crippen LogP contribution < -0.4 is 0 Å². The molecule has 0 saturated heterocycles. The predicted molar refractivity (Wildman–Crippen MR) is 82.1 cm³/mol. The number of methoxy groups -OCH3 is 2. The largest absolute Gasteiger partial charge is 0.354 e. The van der Waals surface area contributed by atoms with Crippen molar-refractivity contribution in [1.29, 1.82) is 0 Å². The summed E-state index contributed by atoms with van der Waals surface area (Å²) in [4.78, 5) is 0.191. The van der Waals surface area contributed by atoms with Gasteiger partial charge in [-0.15, -0.1) is 0 Å². The van der Waals surface area contributed by atoms with Crippen molar-refractivity contribution < 1.29 is 17.9 Å². The molecule has 1 aromatic heterocycles. The zero-order valence-electron chi connectivity index (χ0n) is 12.3. The van der Waals surface area contributed by atoms with E-state index >= 15 is 0 Å². The van der Waals surface area contributed by atoms with E-state index in [4.69, 9.17) is 9.47 Å². The number of hydrogen-bond donors (Lipinski definition) is 0. The Labute approximate surface area is 133 Å². The van der Waals surface area contributed by atoms with Gasteiger partial charge in [0.1, 0.15) is 15.9 Å². The van der Waals surface area contributed by atoms with E-state index in [1.807, 2.05) is 0 Å². The van der Waals surface area contributed by atoms with Crippen LogP contribution in [0.2, 0.25) is 0 Å². The molecule has 0 spiro atoms. The number of nitrogens with zero attached hydrogens (tertiary/aromatic N) is 3. The molecule has 9 heteroatoms. The summed E-state index contributed by atoms with van der Waals surface area (Å²) >= 11 is 1.01. The first kappa shape index (κ1) is 15.8. The molecular formula is C13H17N3O4S2. The van der Waals surface area contributed by atoms with Crippen LogP contribution in [-0.2, 0) is 19.5 Å². The fourth-order valence-electron chi connectivity index (χ4n) is 2.31. The van der Waals surface area contributed by atoms with Gasteiger partial charge in [0.25, 0.3) is 0 Å². The molecule has 0 amide bonds. The Balaban J connectivity index is 2.00. The summed E-state index contributed by atoms with van der Waals surface area (Å²) in [6.07, 6.45) is 1.11. The molecule has 22 heavy (non-hydrogen) atoms. The van der Waals surface area contributed by atoms with Crippen LogP contribution in [0.15, 0.2) is 23.1 Å². The van der Waals surface area contributed by atoms with Gasteiger partial charge in [0.05, 0.1) is 18.3 Å². The molecule has 0 N–H and O–H groups in total. The van der Waals surface area contributed by atoms with E-state index in [2.05, 4.69) is 8.75 Å². The fraction of sp³-hybridized carbons (Fsp3) is 0.538. The maximum atomic E-state index is 13.0. The monoisotopic (exact) mass is 343 g/mol. The molecule has 0 radical (unpaired) electrons. The Hall–Kier alpha value is -1.13. The molecule has 0 unspecified atom stereocenters. The molecule has 3 rings (SSSR count). The highest BCUT2D eigenvalue weighted by Gasteiger charge is 2.40. The molecular weight excluding hydrogens is 326 g/mol. The SMILES string of the molecule is COC(CN(C1CC1)S(=O)(=O)c1cccc2nsnc12)OC. The molecule has 0 bridgehead atoms. The smallest absolute Gasteiger partial charge is 0.245 e. The maximum absolute atomic E-state index is 13.0. The van der Waals surface area contributed by atoms with Gasteiger partial charge in [-0.1, -0.05) is 6.07 Å². The third-order valence-corrected chi connectivity index (χ3v) is 6.14. The highest BCUT2D eigenvalue weighted by atomic mass is 32.2. The van der Waals surface area contributed by atoms with Crippen molar-refractivity contribution in [3.63, 3.8) is 0 Å². The summed E-state index contributed by atoms with van der Waals surface area (Å²) in [7, 11) is -0.678. The van der Waals surface area contributed by atoms with Crippen molar-refractivity contribution in [3.8, 4) is 0 Å². The third kappa shape index (κ3) is 2.86. The van der Waals surface area contributed by atoms with Crippen LogP contribution in [0.3, 0.4) is 0 Å². The number of fused-ring (bicyclic) bond motifs is 1. The molecule has 120 valence electrons. The van der Waals surface area contributed by atoms with Crippen LogP contribution >= 0.6 is 11.7 Å². The topological polar surface area (TPSA) is 81.6 Å². The average molecular weight is 343 g/mol. The minimum Gasteiger partial charge on any atom is -0.354 e. The number of benzene rings is 1. The van der Waals surface area contributed by atoms with Gasteiger partial charge in [-0.25, -0.2) is 8.42 Å². The number of sulfonamides is 1. The molecule has 2 aromatic rings. The number of aromatic nitrogens is 2.